The van der Waals surface area contributed by atoms with Crippen molar-refractivity contribution in [2.45, 2.75) is 13.3 Å². The van der Waals surface area contributed by atoms with Crippen LogP contribution in [0, 0.1) is 5.41 Å². The highest BCUT2D eigenvalue weighted by atomic mass is 19.4. The molecule has 2 heterocycles. The molecule has 156 valence electrons. The molecule has 7 nitrogen and oxygen atoms in total. The summed E-state index contributed by atoms with van der Waals surface area (Å²) >= 11 is 0. The topological polar surface area (TPSA) is 103 Å². The number of dihydropyridines is 1. The second kappa shape index (κ2) is 8.68. The van der Waals surface area contributed by atoms with E-state index in [1.807, 2.05) is 13.0 Å². The second-order valence-electron chi connectivity index (χ2n) is 6.29. The summed E-state index contributed by atoms with van der Waals surface area (Å²) < 4.78 is 41.5. The molecule has 10 heteroatoms. The Labute approximate surface area is 169 Å². The van der Waals surface area contributed by atoms with Crippen molar-refractivity contribution in [3.63, 3.8) is 0 Å². The quantitative estimate of drug-likeness (QED) is 0.540. The molecule has 1 aliphatic rings. The van der Waals surface area contributed by atoms with Crippen molar-refractivity contribution >= 4 is 17.7 Å². The number of carbonyl (C=O) groups is 1. The van der Waals surface area contributed by atoms with E-state index in [2.05, 4.69) is 25.3 Å². The molecule has 1 amide bonds. The van der Waals surface area contributed by atoms with Gasteiger partial charge in [0.15, 0.2) is 0 Å². The summed E-state index contributed by atoms with van der Waals surface area (Å²) in [6.45, 7) is 2.49. The Morgan fingerprint density at radius 2 is 2.10 bits per heavy atom. The number of carbonyl (C=O) groups excluding carboxylic acids is 1. The molecular weight excluding hydrogens is 399 g/mol. The van der Waals surface area contributed by atoms with Gasteiger partial charge in [0, 0.05) is 23.5 Å². The molecule has 1 aromatic carbocycles. The number of hydrogen-bond donors (Lipinski definition) is 4. The smallest absolute Gasteiger partial charge is 0.405 e. The van der Waals surface area contributed by atoms with Gasteiger partial charge in [0.2, 0.25) is 0 Å². The summed E-state index contributed by atoms with van der Waals surface area (Å²) in [5, 5.41) is 13.9. The zero-order chi connectivity index (χ0) is 21.7. The third kappa shape index (κ3) is 5.60. The third-order valence-corrected chi connectivity index (χ3v) is 3.98. The van der Waals surface area contributed by atoms with Crippen LogP contribution in [0.25, 0.3) is 6.08 Å². The van der Waals surface area contributed by atoms with Crippen molar-refractivity contribution in [1.82, 2.24) is 20.6 Å². The van der Waals surface area contributed by atoms with Crippen LogP contribution >= 0.6 is 0 Å². The number of amides is 1. The maximum atomic E-state index is 12.5. The van der Waals surface area contributed by atoms with Crippen LogP contribution in [-0.4, -0.2) is 34.5 Å². The number of aromatic amines is 1. The number of benzene rings is 1. The van der Waals surface area contributed by atoms with E-state index in [4.69, 9.17) is 5.41 Å². The van der Waals surface area contributed by atoms with Gasteiger partial charge in [-0.05, 0) is 43.4 Å². The first-order valence-electron chi connectivity index (χ1n) is 8.82. The predicted octanol–water partition coefficient (Wildman–Crippen LogP) is 3.51. The lowest BCUT2D eigenvalue weighted by Gasteiger charge is -2.13. The van der Waals surface area contributed by atoms with Crippen LogP contribution in [0.5, 0.6) is 5.75 Å². The first-order valence-corrected chi connectivity index (χ1v) is 8.82. The van der Waals surface area contributed by atoms with E-state index >= 15 is 0 Å². The lowest BCUT2D eigenvalue weighted by Crippen LogP contribution is -2.26. The van der Waals surface area contributed by atoms with Crippen molar-refractivity contribution in [2.24, 2.45) is 0 Å². The number of nitrogens with zero attached hydrogens (tertiary/aromatic N) is 1. The fraction of sp³-hybridized carbons (Fsp3) is 0.150. The average molecular weight is 417 g/mol. The maximum absolute atomic E-state index is 12.5. The highest BCUT2D eigenvalue weighted by molar-refractivity contribution is 6.10. The van der Waals surface area contributed by atoms with Crippen LogP contribution < -0.4 is 15.4 Å². The summed E-state index contributed by atoms with van der Waals surface area (Å²) in [7, 11) is 0. The third-order valence-electron chi connectivity index (χ3n) is 3.98. The van der Waals surface area contributed by atoms with Gasteiger partial charge in [0.25, 0.3) is 5.91 Å². The van der Waals surface area contributed by atoms with Crippen molar-refractivity contribution in [2.75, 3.05) is 6.54 Å². The molecule has 0 spiro atoms. The predicted molar refractivity (Wildman–Crippen MR) is 105 cm³/mol. The number of alkyl halides is 3. The van der Waals surface area contributed by atoms with Crippen molar-refractivity contribution in [3.05, 3.63) is 77.2 Å². The van der Waals surface area contributed by atoms with E-state index in [9.17, 15) is 18.0 Å². The molecule has 0 saturated carbocycles. The van der Waals surface area contributed by atoms with Gasteiger partial charge in [-0.2, -0.15) is 0 Å². The second-order valence-corrected chi connectivity index (χ2v) is 6.29. The van der Waals surface area contributed by atoms with E-state index in [-0.39, 0.29) is 22.8 Å². The number of hydrogen-bond acceptors (Lipinski definition) is 5. The molecule has 0 saturated heterocycles. The minimum atomic E-state index is -4.86. The van der Waals surface area contributed by atoms with E-state index in [0.29, 0.717) is 12.2 Å². The van der Waals surface area contributed by atoms with Crippen molar-refractivity contribution in [3.8, 4) is 5.75 Å². The molecule has 1 aromatic heterocycles. The Morgan fingerprint density at radius 3 is 2.83 bits per heavy atom. The summed E-state index contributed by atoms with van der Waals surface area (Å²) in [5.41, 5.74) is 1.54. The van der Waals surface area contributed by atoms with Gasteiger partial charge in [-0.25, -0.2) is 4.98 Å². The van der Waals surface area contributed by atoms with E-state index in [0.717, 1.165) is 11.8 Å². The van der Waals surface area contributed by atoms with Crippen molar-refractivity contribution < 1.29 is 22.7 Å². The highest BCUT2D eigenvalue weighted by Crippen LogP contribution is 2.26. The Bertz CT molecular complexity index is 1050. The molecule has 0 unspecified atom stereocenters. The number of nitrogens with one attached hydrogen (secondary N) is 4. The van der Waals surface area contributed by atoms with Gasteiger partial charge in [-0.1, -0.05) is 12.1 Å². The van der Waals surface area contributed by atoms with E-state index < -0.39 is 18.0 Å². The molecule has 2 aromatic rings. The average Bonchev–Trinajstić information content (AvgIpc) is 3.14. The monoisotopic (exact) mass is 417 g/mol. The number of allylic oxidation sites excluding steroid dienone is 3. The summed E-state index contributed by atoms with van der Waals surface area (Å²) in [6.07, 6.45) is 2.74. The molecule has 1 aliphatic heterocycles. The molecular formula is C20H18F3N5O2. The fourth-order valence-electron chi connectivity index (χ4n) is 2.64. The van der Waals surface area contributed by atoms with Gasteiger partial charge in [0.05, 0.1) is 11.9 Å². The molecule has 0 radical (unpaired) electrons. The molecule has 4 N–H and O–H groups in total. The first kappa shape index (κ1) is 20.9. The standard InChI is InChI=1S/C20H18F3N5O2/c1-12-10-13(8-9-25-12)27-19(29)16-11-26-18(28-16)7-6-15(24)14-4-2-3-5-17(14)30-20(21,22)23/h2-8,10-11,24-25H,9H2,1H3,(H,26,28)(H,27,29)/b7-6-,24-15?. The number of ether oxygens (including phenoxy) is 1. The van der Waals surface area contributed by atoms with E-state index in [1.54, 1.807) is 6.08 Å². The van der Waals surface area contributed by atoms with Gasteiger partial charge in [-0.3, -0.25) is 4.79 Å². The highest BCUT2D eigenvalue weighted by Gasteiger charge is 2.32. The SMILES string of the molecule is CC1=CC(NC(=O)c2cnc(/C=C\C(=N)c3ccccc3OC(F)(F)F)[nH]2)=CCN1. The van der Waals surface area contributed by atoms with Crippen LogP contribution in [0.3, 0.4) is 0 Å². The summed E-state index contributed by atoms with van der Waals surface area (Å²) in [4.78, 5) is 19.1. The lowest BCUT2D eigenvalue weighted by atomic mass is 10.1. The Kier molecular flexibility index (Phi) is 6.05. The number of H-pyrrole nitrogens is 1. The molecule has 0 aliphatic carbocycles. The van der Waals surface area contributed by atoms with Crippen LogP contribution in [0.2, 0.25) is 0 Å². The lowest BCUT2D eigenvalue weighted by molar-refractivity contribution is -0.274. The number of halogens is 3. The normalized spacial score (nSPS) is 14.0. The molecule has 0 bridgehead atoms. The largest absolute Gasteiger partial charge is 0.573 e. The van der Waals surface area contributed by atoms with E-state index in [1.165, 1.54) is 36.5 Å². The minimum Gasteiger partial charge on any atom is -0.405 e. The molecule has 3 rings (SSSR count). The Balaban J connectivity index is 1.68. The zero-order valence-electron chi connectivity index (χ0n) is 15.8. The minimum absolute atomic E-state index is 0.0319. The van der Waals surface area contributed by atoms with Gasteiger partial charge < -0.3 is 25.8 Å². The van der Waals surface area contributed by atoms with Gasteiger partial charge in [-0.15, -0.1) is 13.2 Å². The number of rotatable bonds is 6. The molecule has 0 fully saturated rings. The van der Waals surface area contributed by atoms with Crippen LogP contribution in [-0.2, 0) is 0 Å². The zero-order valence-corrected chi connectivity index (χ0v) is 15.8. The van der Waals surface area contributed by atoms with Crippen LogP contribution in [0.15, 0.2) is 60.1 Å². The number of para-hydroxylation sites is 1. The summed E-state index contributed by atoms with van der Waals surface area (Å²) in [5.74, 6) is -0.596. The van der Waals surface area contributed by atoms with Crippen molar-refractivity contribution in [1.29, 1.82) is 5.41 Å². The number of imidazole rings is 1. The van der Waals surface area contributed by atoms with Gasteiger partial charge in [0.1, 0.15) is 17.3 Å². The Hall–Kier alpha value is -3.82. The molecule has 30 heavy (non-hydrogen) atoms. The maximum Gasteiger partial charge on any atom is 0.573 e. The van der Waals surface area contributed by atoms with Crippen LogP contribution in [0.1, 0.15) is 28.8 Å². The van der Waals surface area contributed by atoms with Crippen LogP contribution in [0.4, 0.5) is 13.2 Å². The molecule has 0 atom stereocenters. The van der Waals surface area contributed by atoms with Gasteiger partial charge >= 0.3 is 6.36 Å². The number of aromatic nitrogens is 2. The summed E-state index contributed by atoms with van der Waals surface area (Å²) in [6, 6.07) is 5.36. The Morgan fingerprint density at radius 1 is 1.33 bits per heavy atom. The fourth-order valence-corrected chi connectivity index (χ4v) is 2.64. The first-order chi connectivity index (χ1) is 14.2.